The second-order valence-electron chi connectivity index (χ2n) is 4.52. The van der Waals surface area contributed by atoms with Crippen LogP contribution in [0.25, 0.3) is 0 Å². The lowest BCUT2D eigenvalue weighted by atomic mass is 10.2. The van der Waals surface area contributed by atoms with E-state index in [-0.39, 0.29) is 6.54 Å². The maximum absolute atomic E-state index is 11.3. The number of amides is 2. The summed E-state index contributed by atoms with van der Waals surface area (Å²) in [4.78, 5) is 24.7. The Morgan fingerprint density at radius 1 is 1.11 bits per heavy atom. The summed E-state index contributed by atoms with van der Waals surface area (Å²) in [6, 6.07) is 2.50. The zero-order valence-corrected chi connectivity index (χ0v) is 11.5. The number of nitrogens with one attached hydrogen (secondary N) is 2. The minimum Gasteiger partial charge on any atom is -0.347 e. The summed E-state index contributed by atoms with van der Waals surface area (Å²) in [6.45, 7) is 9.28. The molecule has 0 aliphatic rings. The first-order chi connectivity index (χ1) is 8.40. The van der Waals surface area contributed by atoms with Gasteiger partial charge < -0.3 is 10.6 Å². The van der Waals surface area contributed by atoms with Crippen LogP contribution in [-0.4, -0.2) is 48.4 Å². The van der Waals surface area contributed by atoms with E-state index in [2.05, 4.69) is 43.2 Å². The summed E-state index contributed by atoms with van der Waals surface area (Å²) >= 11 is 0. The Morgan fingerprint density at radius 2 is 1.61 bits per heavy atom. The van der Waals surface area contributed by atoms with Gasteiger partial charge in [-0.2, -0.15) is 5.26 Å². The number of hydrogen-bond acceptors (Lipinski definition) is 4. The zero-order valence-electron chi connectivity index (χ0n) is 11.5. The van der Waals surface area contributed by atoms with Crippen molar-refractivity contribution in [1.82, 2.24) is 15.5 Å². The lowest BCUT2D eigenvalue weighted by Gasteiger charge is -2.30. The Hall–Kier alpha value is -1.61. The number of carbonyl (C=O) groups excluding carboxylic acids is 2. The van der Waals surface area contributed by atoms with Gasteiger partial charge in [-0.1, -0.05) is 0 Å². The van der Waals surface area contributed by atoms with Gasteiger partial charge in [-0.25, -0.2) is 0 Å². The Morgan fingerprint density at radius 3 is 2.06 bits per heavy atom. The third-order valence-electron chi connectivity index (χ3n) is 2.52. The molecule has 0 radical (unpaired) electrons. The molecule has 102 valence electrons. The van der Waals surface area contributed by atoms with Gasteiger partial charge in [0, 0.05) is 25.2 Å². The lowest BCUT2D eigenvalue weighted by molar-refractivity contribution is -0.139. The molecule has 0 unspecified atom stereocenters. The molecule has 2 amide bonds. The standard InChI is InChI=1S/C12H22N4O2/c1-9(2)16(10(3)4)8-7-15-12(18)11(17)14-6-5-13/h9-10H,6-8H2,1-4H3,(H,14,17)(H,15,18). The van der Waals surface area contributed by atoms with Crippen molar-refractivity contribution in [3.05, 3.63) is 0 Å². The van der Waals surface area contributed by atoms with Gasteiger partial charge in [-0.05, 0) is 27.7 Å². The predicted molar refractivity (Wildman–Crippen MR) is 68.6 cm³/mol. The molecule has 6 nitrogen and oxygen atoms in total. The van der Waals surface area contributed by atoms with Crippen molar-refractivity contribution in [2.75, 3.05) is 19.6 Å². The normalized spacial score (nSPS) is 10.6. The molecule has 0 aromatic rings. The number of rotatable bonds is 6. The quantitative estimate of drug-likeness (QED) is 0.510. The molecule has 0 heterocycles. The molecule has 0 saturated heterocycles. The van der Waals surface area contributed by atoms with Crippen LogP contribution in [0.5, 0.6) is 0 Å². The second-order valence-corrected chi connectivity index (χ2v) is 4.52. The predicted octanol–water partition coefficient (Wildman–Crippen LogP) is -0.139. The van der Waals surface area contributed by atoms with Gasteiger partial charge in [0.15, 0.2) is 0 Å². The molecule has 18 heavy (non-hydrogen) atoms. The molecule has 2 N–H and O–H groups in total. The van der Waals surface area contributed by atoms with Crippen LogP contribution in [0.3, 0.4) is 0 Å². The van der Waals surface area contributed by atoms with Crippen LogP contribution in [0, 0.1) is 11.3 Å². The molecule has 0 aliphatic carbocycles. The molecule has 0 saturated carbocycles. The summed E-state index contributed by atoms with van der Waals surface area (Å²) in [5.74, 6) is -1.46. The van der Waals surface area contributed by atoms with Crippen molar-refractivity contribution in [3.8, 4) is 6.07 Å². The van der Waals surface area contributed by atoms with Gasteiger partial charge in [-0.3, -0.25) is 14.5 Å². The molecule has 0 atom stereocenters. The zero-order chi connectivity index (χ0) is 14.1. The van der Waals surface area contributed by atoms with Crippen molar-refractivity contribution in [3.63, 3.8) is 0 Å². The molecule has 6 heteroatoms. The Labute approximate surface area is 108 Å². The number of hydrogen-bond donors (Lipinski definition) is 2. The topological polar surface area (TPSA) is 85.2 Å². The molecule has 0 aromatic carbocycles. The van der Waals surface area contributed by atoms with Crippen molar-refractivity contribution < 1.29 is 9.59 Å². The summed E-state index contributed by atoms with van der Waals surface area (Å²) in [5.41, 5.74) is 0. The lowest BCUT2D eigenvalue weighted by Crippen LogP contribution is -2.45. The number of nitrogens with zero attached hydrogens (tertiary/aromatic N) is 2. The van der Waals surface area contributed by atoms with Crippen LogP contribution in [-0.2, 0) is 9.59 Å². The molecular weight excluding hydrogens is 232 g/mol. The molecule has 0 bridgehead atoms. The maximum atomic E-state index is 11.3. The summed E-state index contributed by atoms with van der Waals surface area (Å²) in [5, 5.41) is 13.0. The van der Waals surface area contributed by atoms with Crippen molar-refractivity contribution in [2.45, 2.75) is 39.8 Å². The van der Waals surface area contributed by atoms with E-state index in [0.717, 1.165) is 0 Å². The fourth-order valence-electron chi connectivity index (χ4n) is 1.69. The van der Waals surface area contributed by atoms with Gasteiger partial charge in [0.2, 0.25) is 0 Å². The summed E-state index contributed by atoms with van der Waals surface area (Å²) < 4.78 is 0. The molecular formula is C12H22N4O2. The van der Waals surface area contributed by atoms with Gasteiger partial charge in [0.05, 0.1) is 6.07 Å². The summed E-state index contributed by atoms with van der Waals surface area (Å²) in [6.07, 6.45) is 0. The Bertz CT molecular complexity index is 313. The van der Waals surface area contributed by atoms with E-state index >= 15 is 0 Å². The molecule has 0 aliphatic heterocycles. The third kappa shape index (κ3) is 6.21. The fourth-order valence-corrected chi connectivity index (χ4v) is 1.69. The van der Waals surface area contributed by atoms with E-state index in [4.69, 9.17) is 5.26 Å². The van der Waals surface area contributed by atoms with E-state index in [0.29, 0.717) is 25.2 Å². The van der Waals surface area contributed by atoms with Crippen LogP contribution in [0.4, 0.5) is 0 Å². The first-order valence-electron chi connectivity index (χ1n) is 6.08. The largest absolute Gasteiger partial charge is 0.347 e. The smallest absolute Gasteiger partial charge is 0.310 e. The van der Waals surface area contributed by atoms with Crippen molar-refractivity contribution in [2.24, 2.45) is 0 Å². The molecule has 0 rings (SSSR count). The average molecular weight is 254 g/mol. The van der Waals surface area contributed by atoms with Gasteiger partial charge >= 0.3 is 11.8 Å². The second kappa shape index (κ2) is 8.48. The SMILES string of the molecule is CC(C)N(CCNC(=O)C(=O)NCC#N)C(C)C. The Balaban J connectivity index is 3.99. The van der Waals surface area contributed by atoms with Gasteiger partial charge in [-0.15, -0.1) is 0 Å². The van der Waals surface area contributed by atoms with Crippen LogP contribution < -0.4 is 10.6 Å². The highest BCUT2D eigenvalue weighted by Gasteiger charge is 2.15. The van der Waals surface area contributed by atoms with Gasteiger partial charge in [0.25, 0.3) is 0 Å². The van der Waals surface area contributed by atoms with Crippen molar-refractivity contribution >= 4 is 11.8 Å². The highest BCUT2D eigenvalue weighted by Crippen LogP contribution is 2.02. The molecule has 0 spiro atoms. The van der Waals surface area contributed by atoms with Gasteiger partial charge in [0.1, 0.15) is 6.54 Å². The highest BCUT2D eigenvalue weighted by atomic mass is 16.2. The van der Waals surface area contributed by atoms with E-state index < -0.39 is 11.8 Å². The van der Waals surface area contributed by atoms with Crippen LogP contribution in [0.2, 0.25) is 0 Å². The minimum atomic E-state index is -0.766. The average Bonchev–Trinajstić information content (AvgIpc) is 2.30. The first-order valence-corrected chi connectivity index (χ1v) is 6.08. The number of carbonyl (C=O) groups is 2. The van der Waals surface area contributed by atoms with Crippen LogP contribution >= 0.6 is 0 Å². The first kappa shape index (κ1) is 16.4. The monoisotopic (exact) mass is 254 g/mol. The summed E-state index contributed by atoms with van der Waals surface area (Å²) in [7, 11) is 0. The van der Waals surface area contributed by atoms with E-state index in [1.54, 1.807) is 6.07 Å². The minimum absolute atomic E-state index is 0.156. The third-order valence-corrected chi connectivity index (χ3v) is 2.52. The van der Waals surface area contributed by atoms with E-state index in [1.165, 1.54) is 0 Å². The van der Waals surface area contributed by atoms with Crippen molar-refractivity contribution in [1.29, 1.82) is 5.26 Å². The van der Waals surface area contributed by atoms with E-state index in [9.17, 15) is 9.59 Å². The molecule has 0 fully saturated rings. The molecule has 0 aromatic heterocycles. The number of nitriles is 1. The highest BCUT2D eigenvalue weighted by molar-refractivity contribution is 6.35. The van der Waals surface area contributed by atoms with Crippen LogP contribution in [0.1, 0.15) is 27.7 Å². The fraction of sp³-hybridized carbons (Fsp3) is 0.750. The Kier molecular flexibility index (Phi) is 7.72. The van der Waals surface area contributed by atoms with Crippen LogP contribution in [0.15, 0.2) is 0 Å². The van der Waals surface area contributed by atoms with E-state index in [1.807, 2.05) is 0 Å². The maximum Gasteiger partial charge on any atom is 0.310 e.